The Morgan fingerprint density at radius 3 is 2.03 bits per heavy atom. The Balaban J connectivity index is 1.39. The third-order valence-electron chi connectivity index (χ3n) is 6.76. The number of hydrogen-bond acceptors (Lipinski definition) is 3. The van der Waals surface area contributed by atoms with Gasteiger partial charge in [0.05, 0.1) is 0 Å². The maximum atomic E-state index is 13.4. The van der Waals surface area contributed by atoms with Gasteiger partial charge in [0.25, 0.3) is 5.91 Å². The quantitative estimate of drug-likeness (QED) is 0.181. The van der Waals surface area contributed by atoms with Gasteiger partial charge in [-0.3, -0.25) is 10.2 Å². The number of nitrogens with two attached hydrogens (primary N) is 1. The molecule has 0 saturated heterocycles. The van der Waals surface area contributed by atoms with E-state index in [4.69, 9.17) is 11.1 Å². The summed E-state index contributed by atoms with van der Waals surface area (Å²) >= 11 is 0. The lowest BCUT2D eigenvalue weighted by Crippen LogP contribution is -2.43. The fourth-order valence-corrected chi connectivity index (χ4v) is 4.70. The van der Waals surface area contributed by atoms with Crippen molar-refractivity contribution in [1.82, 2.24) is 10.6 Å². The molecule has 4 aromatic rings. The largest absolute Gasteiger partial charge is 0.384 e. The minimum atomic E-state index is -0.133. The van der Waals surface area contributed by atoms with Gasteiger partial charge >= 0.3 is 0 Å². The highest BCUT2D eigenvalue weighted by Gasteiger charge is 2.31. The number of benzene rings is 4. The predicted octanol–water partition coefficient (Wildman–Crippen LogP) is 5.28. The van der Waals surface area contributed by atoms with Crippen molar-refractivity contribution in [1.29, 1.82) is 5.41 Å². The molecule has 1 amide bonds. The second-order valence-corrected chi connectivity index (χ2v) is 9.38. The molecule has 0 radical (unpaired) electrons. The molecule has 1 aliphatic heterocycles. The van der Waals surface area contributed by atoms with E-state index in [2.05, 4.69) is 34.9 Å². The highest BCUT2D eigenvalue weighted by molar-refractivity contribution is 5.95. The number of amides is 1. The van der Waals surface area contributed by atoms with Gasteiger partial charge in [0.1, 0.15) is 5.84 Å². The first-order valence-electron chi connectivity index (χ1n) is 12.5. The van der Waals surface area contributed by atoms with Crippen LogP contribution in [-0.2, 0) is 12.8 Å². The number of amidine groups is 1. The van der Waals surface area contributed by atoms with Gasteiger partial charge in [-0.15, -0.1) is 0 Å². The Hall–Kier alpha value is -4.64. The van der Waals surface area contributed by atoms with E-state index in [-0.39, 0.29) is 23.7 Å². The van der Waals surface area contributed by atoms with Crippen LogP contribution < -0.4 is 16.4 Å². The van der Waals surface area contributed by atoms with Crippen LogP contribution in [0.2, 0.25) is 0 Å². The Bertz CT molecular complexity index is 1410. The molecule has 1 aliphatic rings. The van der Waals surface area contributed by atoms with Crippen LogP contribution in [0.1, 0.15) is 27.0 Å². The molecule has 1 heterocycles. The number of nitrogen functional groups attached to an aromatic ring is 1. The number of carbonyl (C=O) groups excluding carboxylic acids is 1. The predicted molar refractivity (Wildman–Crippen MR) is 149 cm³/mol. The maximum absolute atomic E-state index is 13.4. The van der Waals surface area contributed by atoms with Crippen molar-refractivity contribution < 1.29 is 4.79 Å². The first kappa shape index (κ1) is 24.1. The monoisotopic (exact) mass is 486 g/mol. The van der Waals surface area contributed by atoms with Crippen LogP contribution in [0.5, 0.6) is 0 Å². The van der Waals surface area contributed by atoms with Gasteiger partial charge in [-0.25, -0.2) is 0 Å². The molecular weight excluding hydrogens is 456 g/mol. The van der Waals surface area contributed by atoms with Gasteiger partial charge in [-0.05, 0) is 53.3 Å². The fraction of sp³-hybridized carbons (Fsp3) is 0.125. The van der Waals surface area contributed by atoms with E-state index in [1.54, 1.807) is 0 Å². The van der Waals surface area contributed by atoms with Crippen LogP contribution in [0, 0.1) is 11.3 Å². The van der Waals surface area contributed by atoms with Crippen LogP contribution in [0.4, 0.5) is 0 Å². The zero-order valence-electron chi connectivity index (χ0n) is 20.5. The van der Waals surface area contributed by atoms with Crippen LogP contribution in [-0.4, -0.2) is 17.8 Å². The summed E-state index contributed by atoms with van der Waals surface area (Å²) in [6, 6.07) is 35.8. The van der Waals surface area contributed by atoms with Crippen LogP contribution in [0.15, 0.2) is 121 Å². The van der Waals surface area contributed by atoms with E-state index >= 15 is 0 Å². The number of nitrogens with one attached hydrogen (secondary N) is 3. The molecule has 0 saturated carbocycles. The average Bonchev–Trinajstić information content (AvgIpc) is 3.78. The second-order valence-electron chi connectivity index (χ2n) is 9.38. The van der Waals surface area contributed by atoms with Crippen molar-refractivity contribution in [3.05, 3.63) is 143 Å². The molecule has 5 N–H and O–H groups in total. The van der Waals surface area contributed by atoms with Crippen LogP contribution in [0.3, 0.4) is 0 Å². The molecule has 0 bridgehead atoms. The molecule has 5 nitrogen and oxygen atoms in total. The fourth-order valence-electron chi connectivity index (χ4n) is 4.70. The molecule has 0 fully saturated rings. The topological polar surface area (TPSA) is 101 Å². The second kappa shape index (κ2) is 11.0. The Kier molecular flexibility index (Phi) is 7.13. The summed E-state index contributed by atoms with van der Waals surface area (Å²) < 4.78 is 0. The van der Waals surface area contributed by atoms with E-state index in [1.165, 1.54) is 0 Å². The summed E-state index contributed by atoms with van der Waals surface area (Å²) in [7, 11) is 0. The number of rotatable bonds is 10. The lowest BCUT2D eigenvalue weighted by Gasteiger charge is -2.27. The van der Waals surface area contributed by atoms with Gasteiger partial charge in [-0.1, -0.05) is 91.0 Å². The molecule has 0 aliphatic carbocycles. The molecular formula is C32H30N4O. The lowest BCUT2D eigenvalue weighted by atomic mass is 9.86. The Morgan fingerprint density at radius 2 is 1.38 bits per heavy atom. The summed E-state index contributed by atoms with van der Waals surface area (Å²) in [5.74, 6) is 0.00878. The van der Waals surface area contributed by atoms with Crippen molar-refractivity contribution in [2.75, 3.05) is 0 Å². The SMILES string of the molecule is N=C(N)c1cccc(CC(C2=CN2)C(Cc2ccccc2)NC(=O)c2ccc(-c3ccccc3)cc2)c1. The first-order chi connectivity index (χ1) is 18.1. The molecule has 4 aromatic carbocycles. The van der Waals surface area contributed by atoms with Crippen molar-refractivity contribution in [2.24, 2.45) is 11.7 Å². The van der Waals surface area contributed by atoms with Crippen molar-refractivity contribution in [3.8, 4) is 11.1 Å². The smallest absolute Gasteiger partial charge is 0.251 e. The van der Waals surface area contributed by atoms with Gasteiger partial charge < -0.3 is 16.4 Å². The zero-order valence-corrected chi connectivity index (χ0v) is 20.5. The van der Waals surface area contributed by atoms with E-state index in [1.807, 2.05) is 91.1 Å². The molecule has 184 valence electrons. The van der Waals surface area contributed by atoms with Crippen LogP contribution in [0.25, 0.3) is 11.1 Å². The van der Waals surface area contributed by atoms with Gasteiger partial charge in [0.15, 0.2) is 0 Å². The standard InChI is InChI=1S/C32H30N4O/c33-31(34)27-13-7-10-23(18-27)19-28(30-21-35-30)29(20-22-8-3-1-4-9-22)36-32(37)26-16-14-25(15-17-26)24-11-5-2-6-12-24/h1-18,21,28-29,35H,19-20H2,(H3,33,34)(H,36,37). The van der Waals surface area contributed by atoms with Gasteiger partial charge in [0.2, 0.25) is 0 Å². The highest BCUT2D eigenvalue weighted by atomic mass is 16.1. The van der Waals surface area contributed by atoms with Crippen LogP contribution >= 0.6 is 0 Å². The normalized spacial score (nSPS) is 13.6. The third kappa shape index (κ3) is 6.14. The molecule has 0 spiro atoms. The number of carbonyl (C=O) groups is 1. The Labute approximate surface area is 217 Å². The van der Waals surface area contributed by atoms with Crippen molar-refractivity contribution >= 4 is 11.7 Å². The number of hydrogen-bond donors (Lipinski definition) is 4. The summed E-state index contributed by atoms with van der Waals surface area (Å²) in [6.07, 6.45) is 3.41. The van der Waals surface area contributed by atoms with Gasteiger partial charge in [0, 0.05) is 35.0 Å². The van der Waals surface area contributed by atoms with E-state index in [0.717, 1.165) is 28.0 Å². The highest BCUT2D eigenvalue weighted by Crippen LogP contribution is 2.28. The zero-order chi connectivity index (χ0) is 25.6. The minimum absolute atomic E-state index is 0.0509. The van der Waals surface area contributed by atoms with E-state index in [9.17, 15) is 4.79 Å². The molecule has 5 heteroatoms. The van der Waals surface area contributed by atoms with Gasteiger partial charge in [-0.2, -0.15) is 0 Å². The molecule has 37 heavy (non-hydrogen) atoms. The third-order valence-corrected chi connectivity index (χ3v) is 6.76. The van der Waals surface area contributed by atoms with Crippen molar-refractivity contribution in [3.63, 3.8) is 0 Å². The van der Waals surface area contributed by atoms with Crippen molar-refractivity contribution in [2.45, 2.75) is 18.9 Å². The minimum Gasteiger partial charge on any atom is -0.384 e. The average molecular weight is 487 g/mol. The molecule has 2 atom stereocenters. The summed E-state index contributed by atoms with van der Waals surface area (Å²) in [6.45, 7) is 0. The molecule has 0 aromatic heterocycles. The Morgan fingerprint density at radius 1 is 0.757 bits per heavy atom. The lowest BCUT2D eigenvalue weighted by molar-refractivity contribution is 0.0926. The summed E-state index contributed by atoms with van der Waals surface area (Å²) in [5, 5.41) is 14.4. The summed E-state index contributed by atoms with van der Waals surface area (Å²) in [4.78, 5) is 13.4. The molecule has 5 rings (SSSR count). The van der Waals surface area contributed by atoms with E-state index < -0.39 is 0 Å². The van der Waals surface area contributed by atoms with E-state index in [0.29, 0.717) is 24.0 Å². The first-order valence-corrected chi connectivity index (χ1v) is 12.5. The summed E-state index contributed by atoms with van der Waals surface area (Å²) in [5.41, 5.74) is 12.6. The molecule has 2 unspecified atom stereocenters. The maximum Gasteiger partial charge on any atom is 0.251 e.